The smallest absolute Gasteiger partial charge is 0.323 e. The van der Waals surface area contributed by atoms with Crippen LogP contribution < -0.4 is 0 Å². The number of pyridine rings is 1. The lowest BCUT2D eigenvalue weighted by Gasteiger charge is -2.28. The summed E-state index contributed by atoms with van der Waals surface area (Å²) in [6.45, 7) is 8.43. The molecule has 2 amide bonds. The molecule has 0 saturated carbocycles. The Kier molecular flexibility index (Phi) is 6.57. The molecule has 0 spiro atoms. The minimum Gasteiger partial charge on any atom is -0.480 e. The number of carbonyl (C=O) groups excluding carboxylic acids is 2. The number of hydrogen-bond donors (Lipinski definition) is 1. The molecule has 1 aromatic heterocycles. The number of carboxylic acids is 1. The Morgan fingerprint density at radius 2 is 1.93 bits per heavy atom. The number of carboxylic acid groups (broad SMARTS) is 1. The Morgan fingerprint density at radius 3 is 2.44 bits per heavy atom. The molecular formula is C20H29N3O4. The van der Waals surface area contributed by atoms with E-state index in [0.717, 1.165) is 12.0 Å². The van der Waals surface area contributed by atoms with E-state index in [9.17, 15) is 14.4 Å². The molecule has 27 heavy (non-hydrogen) atoms. The molecule has 0 aromatic carbocycles. The molecule has 148 valence electrons. The Bertz CT molecular complexity index is 694. The van der Waals surface area contributed by atoms with E-state index in [-0.39, 0.29) is 29.8 Å². The highest BCUT2D eigenvalue weighted by atomic mass is 16.4. The first-order valence-electron chi connectivity index (χ1n) is 9.34. The van der Waals surface area contributed by atoms with Gasteiger partial charge in [-0.25, -0.2) is 0 Å². The van der Waals surface area contributed by atoms with Gasteiger partial charge in [0.2, 0.25) is 5.91 Å². The summed E-state index contributed by atoms with van der Waals surface area (Å²) >= 11 is 0. The lowest BCUT2D eigenvalue weighted by Crippen LogP contribution is -2.43. The maximum atomic E-state index is 12.8. The second kappa shape index (κ2) is 8.50. The van der Waals surface area contributed by atoms with Gasteiger partial charge in [0.25, 0.3) is 5.91 Å². The van der Waals surface area contributed by atoms with E-state index in [1.165, 1.54) is 11.8 Å². The summed E-state index contributed by atoms with van der Waals surface area (Å²) in [6, 6.07) is 3.54. The third kappa shape index (κ3) is 5.52. The minimum atomic E-state index is -1.02. The summed E-state index contributed by atoms with van der Waals surface area (Å²) in [5.74, 6) is -1.39. The number of aliphatic carboxylic acids is 1. The van der Waals surface area contributed by atoms with Crippen molar-refractivity contribution >= 4 is 17.8 Å². The van der Waals surface area contributed by atoms with Crippen LogP contribution in [-0.2, 0) is 15.0 Å². The molecule has 2 heterocycles. The van der Waals surface area contributed by atoms with Crippen LogP contribution >= 0.6 is 0 Å². The number of nitrogens with zero attached hydrogens (tertiary/aromatic N) is 3. The summed E-state index contributed by atoms with van der Waals surface area (Å²) in [7, 11) is 0. The molecule has 1 N–H and O–H groups in total. The van der Waals surface area contributed by atoms with Crippen molar-refractivity contribution in [1.29, 1.82) is 0 Å². The van der Waals surface area contributed by atoms with Crippen molar-refractivity contribution in [1.82, 2.24) is 14.8 Å². The van der Waals surface area contributed by atoms with Gasteiger partial charge in [0, 0.05) is 32.3 Å². The Morgan fingerprint density at radius 1 is 1.22 bits per heavy atom. The van der Waals surface area contributed by atoms with Crippen LogP contribution in [-0.4, -0.2) is 63.4 Å². The van der Waals surface area contributed by atoms with Crippen LogP contribution in [0.4, 0.5) is 0 Å². The van der Waals surface area contributed by atoms with Crippen molar-refractivity contribution in [2.45, 2.75) is 58.4 Å². The molecule has 1 saturated heterocycles. The van der Waals surface area contributed by atoms with E-state index < -0.39 is 5.97 Å². The Balaban J connectivity index is 2.05. The number of aromatic nitrogens is 1. The Labute approximate surface area is 160 Å². The van der Waals surface area contributed by atoms with Gasteiger partial charge in [0.15, 0.2) is 0 Å². The first-order valence-corrected chi connectivity index (χ1v) is 9.34. The number of hydrogen-bond acceptors (Lipinski definition) is 4. The minimum absolute atomic E-state index is 0.0231. The van der Waals surface area contributed by atoms with Gasteiger partial charge in [-0.05, 0) is 36.3 Å². The lowest BCUT2D eigenvalue weighted by molar-refractivity contribution is -0.145. The average Bonchev–Trinajstić information content (AvgIpc) is 2.84. The molecule has 7 nitrogen and oxygen atoms in total. The normalized spacial score (nSPS) is 17.9. The SMILES string of the molecule is CC(=O)N(CC(=O)O)C1CCCN(C(=O)c2ccc(C(C)(C)C)cn2)CC1. The van der Waals surface area contributed by atoms with Gasteiger partial charge in [0.05, 0.1) is 0 Å². The Hall–Kier alpha value is -2.44. The van der Waals surface area contributed by atoms with Crippen LogP contribution in [0.25, 0.3) is 0 Å². The molecule has 0 bridgehead atoms. The summed E-state index contributed by atoms with van der Waals surface area (Å²) in [6.07, 6.45) is 3.73. The van der Waals surface area contributed by atoms with Crippen molar-refractivity contribution in [3.8, 4) is 0 Å². The molecule has 1 atom stereocenters. The van der Waals surface area contributed by atoms with Crippen molar-refractivity contribution in [2.75, 3.05) is 19.6 Å². The maximum absolute atomic E-state index is 12.8. The zero-order valence-electron chi connectivity index (χ0n) is 16.6. The zero-order chi connectivity index (χ0) is 20.2. The van der Waals surface area contributed by atoms with Crippen LogP contribution in [0.3, 0.4) is 0 Å². The first-order chi connectivity index (χ1) is 12.6. The van der Waals surface area contributed by atoms with E-state index in [2.05, 4.69) is 25.8 Å². The average molecular weight is 375 g/mol. The molecule has 1 aliphatic heterocycles. The van der Waals surface area contributed by atoms with Crippen LogP contribution in [0.1, 0.15) is 63.0 Å². The van der Waals surface area contributed by atoms with Gasteiger partial charge in [-0.15, -0.1) is 0 Å². The van der Waals surface area contributed by atoms with Gasteiger partial charge in [-0.2, -0.15) is 0 Å². The summed E-state index contributed by atoms with van der Waals surface area (Å²) in [5, 5.41) is 9.04. The van der Waals surface area contributed by atoms with E-state index in [0.29, 0.717) is 31.6 Å². The quantitative estimate of drug-likeness (QED) is 0.872. The molecule has 1 fully saturated rings. The van der Waals surface area contributed by atoms with Crippen LogP contribution in [0, 0.1) is 0 Å². The second-order valence-electron chi connectivity index (χ2n) is 8.10. The lowest BCUT2D eigenvalue weighted by atomic mass is 9.88. The number of rotatable bonds is 4. The molecule has 1 aliphatic rings. The molecule has 2 rings (SSSR count). The summed E-state index contributed by atoms with van der Waals surface area (Å²) in [4.78, 5) is 43.1. The van der Waals surface area contributed by atoms with Gasteiger partial charge >= 0.3 is 5.97 Å². The molecule has 0 radical (unpaired) electrons. The van der Waals surface area contributed by atoms with E-state index >= 15 is 0 Å². The van der Waals surface area contributed by atoms with Gasteiger partial charge in [-0.3, -0.25) is 19.4 Å². The highest BCUT2D eigenvalue weighted by molar-refractivity contribution is 5.92. The van der Waals surface area contributed by atoms with Crippen molar-refractivity contribution in [3.05, 3.63) is 29.6 Å². The van der Waals surface area contributed by atoms with E-state index in [4.69, 9.17) is 5.11 Å². The van der Waals surface area contributed by atoms with Gasteiger partial charge in [0.1, 0.15) is 12.2 Å². The van der Waals surface area contributed by atoms with Crippen LogP contribution in [0.15, 0.2) is 18.3 Å². The fourth-order valence-electron chi connectivity index (χ4n) is 3.36. The predicted molar refractivity (Wildman–Crippen MR) is 102 cm³/mol. The van der Waals surface area contributed by atoms with Crippen molar-refractivity contribution in [2.24, 2.45) is 0 Å². The van der Waals surface area contributed by atoms with E-state index in [1.54, 1.807) is 17.2 Å². The largest absolute Gasteiger partial charge is 0.480 e. The molecular weight excluding hydrogens is 346 g/mol. The highest BCUT2D eigenvalue weighted by Crippen LogP contribution is 2.22. The second-order valence-corrected chi connectivity index (χ2v) is 8.10. The molecule has 7 heteroatoms. The molecule has 0 aliphatic carbocycles. The van der Waals surface area contributed by atoms with E-state index in [1.807, 2.05) is 6.07 Å². The molecule has 1 aromatic rings. The van der Waals surface area contributed by atoms with Crippen molar-refractivity contribution in [3.63, 3.8) is 0 Å². The fraction of sp³-hybridized carbons (Fsp3) is 0.600. The van der Waals surface area contributed by atoms with Gasteiger partial charge < -0.3 is 14.9 Å². The highest BCUT2D eigenvalue weighted by Gasteiger charge is 2.28. The summed E-state index contributed by atoms with van der Waals surface area (Å²) in [5.41, 5.74) is 1.46. The number of carbonyl (C=O) groups is 3. The number of likely N-dealkylation sites (tertiary alicyclic amines) is 1. The first kappa shape index (κ1) is 20.9. The zero-order valence-corrected chi connectivity index (χ0v) is 16.6. The monoisotopic (exact) mass is 375 g/mol. The topological polar surface area (TPSA) is 90.8 Å². The van der Waals surface area contributed by atoms with Gasteiger partial charge in [-0.1, -0.05) is 26.8 Å². The maximum Gasteiger partial charge on any atom is 0.323 e. The fourth-order valence-corrected chi connectivity index (χ4v) is 3.36. The predicted octanol–water partition coefficient (Wildman–Crippen LogP) is 2.31. The number of amides is 2. The van der Waals surface area contributed by atoms with Crippen molar-refractivity contribution < 1.29 is 19.5 Å². The third-order valence-corrected chi connectivity index (χ3v) is 4.98. The summed E-state index contributed by atoms with van der Waals surface area (Å²) < 4.78 is 0. The standard InChI is InChI=1S/C20H29N3O4/c1-14(24)23(13-18(25)26)16-6-5-10-22(11-9-16)19(27)17-8-7-15(12-21-17)20(2,3)4/h7-8,12,16H,5-6,9-11,13H2,1-4H3,(H,25,26). The van der Waals surface area contributed by atoms with Crippen LogP contribution in [0.2, 0.25) is 0 Å². The molecule has 1 unspecified atom stereocenters. The van der Waals surface area contributed by atoms with Crippen LogP contribution in [0.5, 0.6) is 0 Å². The third-order valence-electron chi connectivity index (χ3n) is 4.98.